The van der Waals surface area contributed by atoms with Gasteiger partial charge in [-0.05, 0) is 31.0 Å². The smallest absolute Gasteiger partial charge is 0.231 e. The van der Waals surface area contributed by atoms with E-state index in [0.29, 0.717) is 11.5 Å². The molecular weight excluding hydrogens is 290 g/mol. The lowest BCUT2D eigenvalue weighted by molar-refractivity contribution is 0.174. The van der Waals surface area contributed by atoms with Crippen molar-refractivity contribution in [2.24, 2.45) is 0 Å². The van der Waals surface area contributed by atoms with Crippen LogP contribution in [-0.4, -0.2) is 16.3 Å². The number of hydrogen-bond acceptors (Lipinski definition) is 4. The Labute approximate surface area is 133 Å². The molecule has 5 heteroatoms. The van der Waals surface area contributed by atoms with Crippen LogP contribution in [0.4, 0.5) is 0 Å². The molecule has 2 heterocycles. The largest absolute Gasteiger partial charge is 0.454 e. The van der Waals surface area contributed by atoms with Gasteiger partial charge in [0.2, 0.25) is 6.79 Å². The summed E-state index contributed by atoms with van der Waals surface area (Å²) in [6, 6.07) is 12.2. The zero-order chi connectivity index (χ0) is 16.0. The molecule has 0 aliphatic carbocycles. The van der Waals surface area contributed by atoms with Crippen LogP contribution in [0.1, 0.15) is 11.1 Å². The van der Waals surface area contributed by atoms with Crippen LogP contribution in [0.5, 0.6) is 11.5 Å². The van der Waals surface area contributed by atoms with Crippen molar-refractivity contribution in [3.63, 3.8) is 0 Å². The first-order valence-electron chi connectivity index (χ1n) is 7.42. The molecule has 0 bridgehead atoms. The summed E-state index contributed by atoms with van der Waals surface area (Å²) in [6.07, 6.45) is 0. The lowest BCUT2D eigenvalue weighted by Crippen LogP contribution is -1.99. The van der Waals surface area contributed by atoms with E-state index >= 15 is 0 Å². The Bertz CT molecular complexity index is 967. The van der Waals surface area contributed by atoms with E-state index < -0.39 is 0 Å². The normalized spacial score (nSPS) is 12.6. The molecule has 0 atom stereocenters. The predicted octanol–water partition coefficient (Wildman–Crippen LogP) is 3.57. The second kappa shape index (κ2) is 5.03. The van der Waals surface area contributed by atoms with Gasteiger partial charge in [-0.15, -0.1) is 0 Å². The predicted molar refractivity (Wildman–Crippen MR) is 86.4 cm³/mol. The molecule has 2 aromatic carbocycles. The van der Waals surface area contributed by atoms with Crippen LogP contribution in [0.15, 0.2) is 30.3 Å². The van der Waals surface area contributed by atoms with Gasteiger partial charge in [0.1, 0.15) is 12.4 Å². The maximum atomic E-state index is 9.21. The SMILES string of the molecule is Cc1ccc(-c2nc3cc4c(cc3n2CC#N)OCO4)cc1C. The number of nitrogens with zero attached hydrogens (tertiary/aromatic N) is 3. The molecule has 0 radical (unpaired) electrons. The van der Waals surface area contributed by atoms with Crippen molar-refractivity contribution >= 4 is 11.0 Å². The summed E-state index contributed by atoms with van der Waals surface area (Å²) >= 11 is 0. The molecule has 4 rings (SSSR count). The van der Waals surface area contributed by atoms with Crippen LogP contribution in [0.2, 0.25) is 0 Å². The number of aryl methyl sites for hydroxylation is 2. The number of rotatable bonds is 2. The van der Waals surface area contributed by atoms with E-state index in [2.05, 4.69) is 32.0 Å². The lowest BCUT2D eigenvalue weighted by atomic mass is 10.1. The van der Waals surface area contributed by atoms with E-state index in [1.807, 2.05) is 22.8 Å². The van der Waals surface area contributed by atoms with Crippen LogP contribution in [0, 0.1) is 25.2 Å². The quantitative estimate of drug-likeness (QED) is 0.726. The highest BCUT2D eigenvalue weighted by Gasteiger charge is 2.20. The summed E-state index contributed by atoms with van der Waals surface area (Å²) in [5.41, 5.74) is 5.12. The van der Waals surface area contributed by atoms with Crippen molar-refractivity contribution in [2.75, 3.05) is 6.79 Å². The fourth-order valence-corrected chi connectivity index (χ4v) is 2.85. The maximum absolute atomic E-state index is 9.21. The minimum atomic E-state index is 0.226. The van der Waals surface area contributed by atoms with Crippen LogP contribution in [0.25, 0.3) is 22.4 Å². The molecule has 23 heavy (non-hydrogen) atoms. The van der Waals surface area contributed by atoms with Gasteiger partial charge >= 0.3 is 0 Å². The summed E-state index contributed by atoms with van der Waals surface area (Å²) in [5, 5.41) is 9.21. The number of ether oxygens (including phenoxy) is 2. The van der Waals surface area contributed by atoms with E-state index in [-0.39, 0.29) is 13.3 Å². The molecule has 1 aliphatic heterocycles. The maximum Gasteiger partial charge on any atom is 0.231 e. The first kappa shape index (κ1) is 13.6. The van der Waals surface area contributed by atoms with Gasteiger partial charge in [0, 0.05) is 17.7 Å². The Kier molecular flexibility index (Phi) is 2.98. The number of hydrogen-bond donors (Lipinski definition) is 0. The number of benzene rings is 2. The second-order valence-electron chi connectivity index (χ2n) is 5.67. The van der Waals surface area contributed by atoms with Crippen molar-refractivity contribution in [2.45, 2.75) is 20.4 Å². The molecule has 0 fully saturated rings. The van der Waals surface area contributed by atoms with Gasteiger partial charge < -0.3 is 14.0 Å². The molecule has 1 aromatic heterocycles. The van der Waals surface area contributed by atoms with Crippen molar-refractivity contribution in [1.29, 1.82) is 5.26 Å². The van der Waals surface area contributed by atoms with Gasteiger partial charge in [-0.1, -0.05) is 12.1 Å². The van der Waals surface area contributed by atoms with Gasteiger partial charge in [-0.25, -0.2) is 4.98 Å². The standard InChI is InChI=1S/C18H15N3O2/c1-11-3-4-13(7-12(11)2)18-20-14-8-16-17(23-10-22-16)9-15(14)21(18)6-5-19/h3-4,7-9H,6,10H2,1-2H3. The number of nitriles is 1. The highest BCUT2D eigenvalue weighted by molar-refractivity contribution is 5.84. The summed E-state index contributed by atoms with van der Waals surface area (Å²) in [4.78, 5) is 4.73. The molecule has 0 spiro atoms. The van der Waals surface area contributed by atoms with Gasteiger partial charge in [-0.2, -0.15) is 5.26 Å². The molecule has 0 unspecified atom stereocenters. The molecule has 0 N–H and O–H groups in total. The zero-order valence-electron chi connectivity index (χ0n) is 13.0. The Hall–Kier alpha value is -3.00. The summed E-state index contributed by atoms with van der Waals surface area (Å²) in [7, 11) is 0. The average molecular weight is 305 g/mol. The topological polar surface area (TPSA) is 60.1 Å². The Balaban J connectivity index is 1.97. The van der Waals surface area contributed by atoms with E-state index in [1.54, 1.807) is 0 Å². The number of fused-ring (bicyclic) bond motifs is 2. The van der Waals surface area contributed by atoms with Crippen LogP contribution < -0.4 is 9.47 Å². The van der Waals surface area contributed by atoms with Crippen molar-refractivity contribution in [1.82, 2.24) is 9.55 Å². The highest BCUT2D eigenvalue weighted by Crippen LogP contribution is 2.37. The van der Waals surface area contributed by atoms with Gasteiger partial charge in [-0.3, -0.25) is 0 Å². The van der Waals surface area contributed by atoms with Crippen LogP contribution in [0.3, 0.4) is 0 Å². The third-order valence-corrected chi connectivity index (χ3v) is 4.24. The molecule has 0 saturated heterocycles. The summed E-state index contributed by atoms with van der Waals surface area (Å²) < 4.78 is 12.8. The Morgan fingerprint density at radius 2 is 1.91 bits per heavy atom. The average Bonchev–Trinajstić information content (AvgIpc) is 3.13. The fourth-order valence-electron chi connectivity index (χ4n) is 2.85. The van der Waals surface area contributed by atoms with Crippen LogP contribution in [-0.2, 0) is 6.54 Å². The highest BCUT2D eigenvalue weighted by atomic mass is 16.7. The van der Waals surface area contributed by atoms with E-state index in [4.69, 9.17) is 14.5 Å². The molecule has 1 aliphatic rings. The minimum Gasteiger partial charge on any atom is -0.454 e. The first-order chi connectivity index (χ1) is 11.2. The van der Waals surface area contributed by atoms with E-state index in [1.165, 1.54) is 11.1 Å². The van der Waals surface area contributed by atoms with Gasteiger partial charge in [0.15, 0.2) is 11.5 Å². The number of imidazole rings is 1. The summed E-state index contributed by atoms with van der Waals surface area (Å²) in [5.74, 6) is 2.18. The van der Waals surface area contributed by atoms with E-state index in [9.17, 15) is 5.26 Å². The van der Waals surface area contributed by atoms with Crippen LogP contribution >= 0.6 is 0 Å². The van der Waals surface area contributed by atoms with Crippen molar-refractivity contribution in [3.8, 4) is 29.0 Å². The molecule has 0 amide bonds. The van der Waals surface area contributed by atoms with Crippen molar-refractivity contribution < 1.29 is 9.47 Å². The molecule has 114 valence electrons. The summed E-state index contributed by atoms with van der Waals surface area (Å²) in [6.45, 7) is 4.62. The third kappa shape index (κ3) is 2.11. The molecule has 3 aromatic rings. The van der Waals surface area contributed by atoms with E-state index in [0.717, 1.165) is 22.4 Å². The minimum absolute atomic E-state index is 0.226. The molecule has 0 saturated carbocycles. The molecular formula is C18H15N3O2. The Morgan fingerprint density at radius 1 is 1.13 bits per heavy atom. The third-order valence-electron chi connectivity index (χ3n) is 4.24. The monoisotopic (exact) mass is 305 g/mol. The fraction of sp³-hybridized carbons (Fsp3) is 0.222. The Morgan fingerprint density at radius 3 is 2.65 bits per heavy atom. The van der Waals surface area contributed by atoms with Gasteiger partial charge in [0.05, 0.1) is 17.1 Å². The number of aromatic nitrogens is 2. The zero-order valence-corrected chi connectivity index (χ0v) is 13.0. The van der Waals surface area contributed by atoms with Crippen molar-refractivity contribution in [3.05, 3.63) is 41.5 Å². The molecule has 5 nitrogen and oxygen atoms in total. The first-order valence-corrected chi connectivity index (χ1v) is 7.42. The van der Waals surface area contributed by atoms with Gasteiger partial charge in [0.25, 0.3) is 0 Å². The lowest BCUT2D eigenvalue weighted by Gasteiger charge is -2.07. The second-order valence-corrected chi connectivity index (χ2v) is 5.67.